The molecule has 1 aromatic rings. The summed E-state index contributed by atoms with van der Waals surface area (Å²) in [5, 5.41) is 0. The molecule has 0 bridgehead atoms. The molecule has 0 fully saturated rings. The third kappa shape index (κ3) is 3.86. The average Bonchev–Trinajstić information content (AvgIpc) is 2.27. The van der Waals surface area contributed by atoms with Gasteiger partial charge in [-0.2, -0.15) is 11.8 Å². The molecule has 1 unspecified atom stereocenters. The number of nitrogens with one attached hydrogen (secondary N) is 1. The Hall–Kier alpha value is -0.510. The van der Waals surface area contributed by atoms with Crippen molar-refractivity contribution in [1.82, 2.24) is 5.43 Å². The van der Waals surface area contributed by atoms with Gasteiger partial charge in [0, 0.05) is 5.75 Å². The van der Waals surface area contributed by atoms with Gasteiger partial charge in [-0.05, 0) is 23.8 Å². The van der Waals surface area contributed by atoms with E-state index in [2.05, 4.69) is 42.9 Å². The average molecular weight is 224 g/mol. The van der Waals surface area contributed by atoms with Gasteiger partial charge in [0.05, 0.1) is 6.04 Å². The number of benzene rings is 1. The molecule has 0 spiro atoms. The zero-order chi connectivity index (χ0) is 11.1. The van der Waals surface area contributed by atoms with Gasteiger partial charge in [0.15, 0.2) is 0 Å². The molecule has 1 aromatic carbocycles. The van der Waals surface area contributed by atoms with Crippen molar-refractivity contribution in [2.75, 3.05) is 12.0 Å². The number of hydrogen-bond donors (Lipinski definition) is 2. The van der Waals surface area contributed by atoms with Crippen LogP contribution in [0.15, 0.2) is 24.3 Å². The normalized spacial score (nSPS) is 12.7. The predicted octanol–water partition coefficient (Wildman–Crippen LogP) is 2.51. The van der Waals surface area contributed by atoms with E-state index in [-0.39, 0.29) is 6.04 Å². The summed E-state index contributed by atoms with van der Waals surface area (Å²) in [5.74, 6) is 6.56. The Morgan fingerprint density at radius 1 is 1.47 bits per heavy atom. The van der Waals surface area contributed by atoms with E-state index in [0.29, 0.717) is 0 Å². The first-order valence-electron chi connectivity index (χ1n) is 5.35. The van der Waals surface area contributed by atoms with Gasteiger partial charge in [0.2, 0.25) is 0 Å². The summed E-state index contributed by atoms with van der Waals surface area (Å²) in [6, 6.07) is 8.95. The maximum atomic E-state index is 5.55. The van der Waals surface area contributed by atoms with Crippen LogP contribution in [0.4, 0.5) is 0 Å². The first kappa shape index (κ1) is 12.6. The molecule has 2 nitrogen and oxygen atoms in total. The van der Waals surface area contributed by atoms with E-state index in [0.717, 1.165) is 12.2 Å². The summed E-state index contributed by atoms with van der Waals surface area (Å²) in [4.78, 5) is 0. The Balaban J connectivity index is 2.77. The molecule has 0 saturated heterocycles. The fourth-order valence-corrected chi connectivity index (χ4v) is 2.28. The number of rotatable bonds is 6. The van der Waals surface area contributed by atoms with Gasteiger partial charge in [-0.3, -0.25) is 11.3 Å². The second-order valence-corrected chi connectivity index (χ2v) is 4.58. The minimum Gasteiger partial charge on any atom is -0.271 e. The lowest BCUT2D eigenvalue weighted by Crippen LogP contribution is -2.29. The number of nitrogens with two attached hydrogens (primary N) is 1. The highest BCUT2D eigenvalue weighted by atomic mass is 32.2. The van der Waals surface area contributed by atoms with Crippen LogP contribution in [0, 0.1) is 0 Å². The van der Waals surface area contributed by atoms with E-state index in [1.165, 1.54) is 17.5 Å². The third-order valence-electron chi connectivity index (χ3n) is 2.43. The summed E-state index contributed by atoms with van der Waals surface area (Å²) in [6.45, 7) is 2.20. The zero-order valence-corrected chi connectivity index (χ0v) is 10.3. The molecule has 1 atom stereocenters. The quantitative estimate of drug-likeness (QED) is 0.576. The standard InChI is InChI=1S/C12H20N2S/c1-3-5-10-6-4-7-11(8-10)12(14-13)9-15-2/h4,6-8,12,14H,3,5,9,13H2,1-2H3. The lowest BCUT2D eigenvalue weighted by Gasteiger charge is -2.15. The van der Waals surface area contributed by atoms with Crippen LogP contribution < -0.4 is 11.3 Å². The van der Waals surface area contributed by atoms with Crippen molar-refractivity contribution in [2.24, 2.45) is 5.84 Å². The van der Waals surface area contributed by atoms with Crippen molar-refractivity contribution >= 4 is 11.8 Å². The number of hydrogen-bond acceptors (Lipinski definition) is 3. The second-order valence-electron chi connectivity index (χ2n) is 3.67. The van der Waals surface area contributed by atoms with Crippen molar-refractivity contribution in [3.8, 4) is 0 Å². The molecule has 0 aromatic heterocycles. The van der Waals surface area contributed by atoms with Crippen LogP contribution >= 0.6 is 11.8 Å². The maximum Gasteiger partial charge on any atom is 0.0550 e. The van der Waals surface area contributed by atoms with Crippen LogP contribution in [0.2, 0.25) is 0 Å². The van der Waals surface area contributed by atoms with E-state index in [9.17, 15) is 0 Å². The fraction of sp³-hybridized carbons (Fsp3) is 0.500. The molecule has 3 N–H and O–H groups in total. The van der Waals surface area contributed by atoms with Crippen LogP contribution in [-0.4, -0.2) is 12.0 Å². The number of thioether (sulfide) groups is 1. The summed E-state index contributed by atoms with van der Waals surface area (Å²) in [6.07, 6.45) is 4.43. The molecule has 0 aliphatic carbocycles. The third-order valence-corrected chi connectivity index (χ3v) is 3.09. The van der Waals surface area contributed by atoms with Gasteiger partial charge >= 0.3 is 0 Å². The van der Waals surface area contributed by atoms with Crippen LogP contribution in [-0.2, 0) is 6.42 Å². The molecule has 1 rings (SSSR count). The molecule has 0 heterocycles. The summed E-state index contributed by atoms with van der Waals surface area (Å²) in [5.41, 5.74) is 5.56. The van der Waals surface area contributed by atoms with Crippen LogP contribution in [0.3, 0.4) is 0 Å². The van der Waals surface area contributed by atoms with Gasteiger partial charge in [-0.25, -0.2) is 0 Å². The molecule has 0 amide bonds. The Bertz CT molecular complexity index is 289. The highest BCUT2D eigenvalue weighted by Crippen LogP contribution is 2.18. The van der Waals surface area contributed by atoms with E-state index in [4.69, 9.17) is 5.84 Å². The van der Waals surface area contributed by atoms with E-state index >= 15 is 0 Å². The molecule has 0 radical (unpaired) electrons. The summed E-state index contributed by atoms with van der Waals surface area (Å²) < 4.78 is 0. The van der Waals surface area contributed by atoms with Gasteiger partial charge in [-0.1, -0.05) is 37.6 Å². The van der Waals surface area contributed by atoms with Crippen molar-refractivity contribution < 1.29 is 0 Å². The van der Waals surface area contributed by atoms with Gasteiger partial charge in [0.25, 0.3) is 0 Å². The lowest BCUT2D eigenvalue weighted by molar-refractivity contribution is 0.610. The highest BCUT2D eigenvalue weighted by Gasteiger charge is 2.08. The van der Waals surface area contributed by atoms with Gasteiger partial charge < -0.3 is 0 Å². The minimum atomic E-state index is 0.261. The number of hydrazine groups is 1. The zero-order valence-electron chi connectivity index (χ0n) is 9.49. The molecule has 0 saturated carbocycles. The van der Waals surface area contributed by atoms with Gasteiger partial charge in [-0.15, -0.1) is 0 Å². The van der Waals surface area contributed by atoms with Crippen LogP contribution in [0.1, 0.15) is 30.5 Å². The molecule has 0 aliphatic heterocycles. The van der Waals surface area contributed by atoms with Crippen LogP contribution in [0.5, 0.6) is 0 Å². The first-order valence-corrected chi connectivity index (χ1v) is 6.75. The molecular formula is C12H20N2S. The predicted molar refractivity (Wildman–Crippen MR) is 68.9 cm³/mol. The Morgan fingerprint density at radius 3 is 2.87 bits per heavy atom. The molecule has 3 heteroatoms. The Morgan fingerprint density at radius 2 is 2.27 bits per heavy atom. The molecular weight excluding hydrogens is 204 g/mol. The fourth-order valence-electron chi connectivity index (χ4n) is 1.66. The van der Waals surface area contributed by atoms with Crippen molar-refractivity contribution in [3.05, 3.63) is 35.4 Å². The Kier molecular flexibility index (Phi) is 5.76. The molecule has 84 valence electrons. The summed E-state index contributed by atoms with van der Waals surface area (Å²) >= 11 is 1.81. The monoisotopic (exact) mass is 224 g/mol. The smallest absolute Gasteiger partial charge is 0.0550 e. The van der Waals surface area contributed by atoms with Crippen molar-refractivity contribution in [2.45, 2.75) is 25.8 Å². The van der Waals surface area contributed by atoms with E-state index in [1.54, 1.807) is 11.8 Å². The van der Waals surface area contributed by atoms with E-state index < -0.39 is 0 Å². The largest absolute Gasteiger partial charge is 0.271 e. The van der Waals surface area contributed by atoms with Crippen molar-refractivity contribution in [1.29, 1.82) is 0 Å². The minimum absolute atomic E-state index is 0.261. The number of aryl methyl sites for hydroxylation is 1. The topological polar surface area (TPSA) is 38.0 Å². The maximum absolute atomic E-state index is 5.55. The molecule has 0 aliphatic rings. The summed E-state index contributed by atoms with van der Waals surface area (Å²) in [7, 11) is 0. The SMILES string of the molecule is CCCc1cccc(C(CSC)NN)c1. The first-order chi connectivity index (χ1) is 7.31. The molecule has 15 heavy (non-hydrogen) atoms. The van der Waals surface area contributed by atoms with E-state index in [1.807, 2.05) is 0 Å². The highest BCUT2D eigenvalue weighted by molar-refractivity contribution is 7.98. The van der Waals surface area contributed by atoms with Crippen LogP contribution in [0.25, 0.3) is 0 Å². The lowest BCUT2D eigenvalue weighted by atomic mass is 10.0. The Labute approximate surface area is 96.6 Å². The second kappa shape index (κ2) is 6.88. The van der Waals surface area contributed by atoms with Gasteiger partial charge in [0.1, 0.15) is 0 Å². The van der Waals surface area contributed by atoms with Crippen molar-refractivity contribution in [3.63, 3.8) is 0 Å².